The van der Waals surface area contributed by atoms with E-state index in [4.69, 9.17) is 40.6 Å². The van der Waals surface area contributed by atoms with Crippen molar-refractivity contribution in [3.05, 3.63) is 11.7 Å². The molecular formula is C27H50O6S3. The number of thiocarbonyl (C=S) groups is 1. The molecule has 0 N–H and O–H groups in total. The molecule has 2 aliphatic rings. The van der Waals surface area contributed by atoms with Gasteiger partial charge < -0.3 is 28.4 Å². The van der Waals surface area contributed by atoms with E-state index in [-0.39, 0.29) is 24.4 Å². The van der Waals surface area contributed by atoms with Crippen LogP contribution in [0.2, 0.25) is 0 Å². The largest absolute Gasteiger partial charge is 0.482 e. The lowest BCUT2D eigenvalue weighted by atomic mass is 10.0. The standard InChI is InChI=1S/C16H30O3S.C11H20O3S2/c1-5-7-8-15(6-2)10-17-9-13(3)18-11-16-12-20-14(4)19-16;1-3-4-5-12-6-9(2)13-7-10-8-16-11(15)14-10/h13,15-16H,4-12H2,1-3H3;9-10H,3-8H2,1-2H3. The zero-order valence-corrected chi connectivity index (χ0v) is 25.6. The summed E-state index contributed by atoms with van der Waals surface area (Å²) in [4.78, 5) is 0. The Morgan fingerprint density at radius 3 is 2.03 bits per heavy atom. The second kappa shape index (κ2) is 21.9. The van der Waals surface area contributed by atoms with Crippen LogP contribution in [0.3, 0.4) is 0 Å². The molecule has 5 atom stereocenters. The second-order valence-corrected chi connectivity index (χ2v) is 12.1. The summed E-state index contributed by atoms with van der Waals surface area (Å²) >= 11 is 8.18. The zero-order chi connectivity index (χ0) is 26.6. The first-order valence-corrected chi connectivity index (χ1v) is 16.0. The van der Waals surface area contributed by atoms with Gasteiger partial charge in [0.2, 0.25) is 4.38 Å². The molecule has 6 nitrogen and oxygen atoms in total. The van der Waals surface area contributed by atoms with Crippen LogP contribution >= 0.6 is 35.7 Å². The second-order valence-electron chi connectivity index (χ2n) is 9.39. The minimum atomic E-state index is 0.121. The highest BCUT2D eigenvalue weighted by Gasteiger charge is 2.22. The minimum absolute atomic E-state index is 0.121. The normalized spacial score (nSPS) is 21.9. The SMILES string of the molecule is C=C1OC(COC(C)COCC(CC)CCCC)CS1.CCCCOCC(C)OCC1CSC(=S)O1. The third-order valence-corrected chi connectivity index (χ3v) is 8.03. The first kappa shape index (κ1) is 34.0. The summed E-state index contributed by atoms with van der Waals surface area (Å²) in [7, 11) is 0. The van der Waals surface area contributed by atoms with Crippen LogP contribution in [0.4, 0.5) is 0 Å². The number of ether oxygens (including phenoxy) is 6. The molecule has 2 heterocycles. The summed E-state index contributed by atoms with van der Waals surface area (Å²) in [6.45, 7) is 18.7. The van der Waals surface area contributed by atoms with Crippen LogP contribution in [0, 0.1) is 5.92 Å². The Balaban J connectivity index is 0.000000369. The van der Waals surface area contributed by atoms with Crippen molar-refractivity contribution in [2.75, 3.05) is 51.1 Å². The third kappa shape index (κ3) is 17.5. The van der Waals surface area contributed by atoms with Crippen molar-refractivity contribution in [1.29, 1.82) is 0 Å². The summed E-state index contributed by atoms with van der Waals surface area (Å²) in [5.41, 5.74) is 0. The maximum absolute atomic E-state index is 5.79. The lowest BCUT2D eigenvalue weighted by molar-refractivity contribution is -0.0429. The molecule has 0 saturated carbocycles. The number of rotatable bonds is 19. The van der Waals surface area contributed by atoms with Gasteiger partial charge in [-0.2, -0.15) is 0 Å². The lowest BCUT2D eigenvalue weighted by Crippen LogP contribution is -2.25. The van der Waals surface area contributed by atoms with E-state index >= 15 is 0 Å². The Kier molecular flexibility index (Phi) is 20.6. The number of hydrogen-bond donors (Lipinski definition) is 0. The van der Waals surface area contributed by atoms with Crippen LogP contribution in [0.25, 0.3) is 0 Å². The monoisotopic (exact) mass is 566 g/mol. The van der Waals surface area contributed by atoms with E-state index in [0.29, 0.717) is 36.7 Å². The lowest BCUT2D eigenvalue weighted by Gasteiger charge is -2.19. The fraction of sp³-hybridized carbons (Fsp3) is 0.889. The van der Waals surface area contributed by atoms with Crippen molar-refractivity contribution in [3.8, 4) is 0 Å². The van der Waals surface area contributed by atoms with Crippen LogP contribution in [0.15, 0.2) is 11.7 Å². The van der Waals surface area contributed by atoms with Crippen molar-refractivity contribution in [2.24, 2.45) is 5.92 Å². The van der Waals surface area contributed by atoms with Crippen molar-refractivity contribution >= 4 is 40.1 Å². The average Bonchev–Trinajstić information content (AvgIpc) is 3.49. The van der Waals surface area contributed by atoms with E-state index in [0.717, 1.165) is 36.2 Å². The van der Waals surface area contributed by atoms with Gasteiger partial charge in [-0.25, -0.2) is 0 Å². The first-order chi connectivity index (χ1) is 17.4. The molecule has 0 aliphatic carbocycles. The van der Waals surface area contributed by atoms with Gasteiger partial charge in [0.05, 0.1) is 38.6 Å². The first-order valence-electron chi connectivity index (χ1n) is 13.6. The molecule has 2 saturated heterocycles. The molecule has 36 heavy (non-hydrogen) atoms. The molecule has 0 radical (unpaired) electrons. The fourth-order valence-corrected chi connectivity index (χ4v) is 5.17. The van der Waals surface area contributed by atoms with Crippen molar-refractivity contribution < 1.29 is 28.4 Å². The van der Waals surface area contributed by atoms with Crippen LogP contribution in [-0.2, 0) is 28.4 Å². The van der Waals surface area contributed by atoms with Gasteiger partial charge >= 0.3 is 0 Å². The van der Waals surface area contributed by atoms with Gasteiger partial charge in [0.15, 0.2) is 0 Å². The predicted octanol–water partition coefficient (Wildman–Crippen LogP) is 6.85. The number of unbranched alkanes of at least 4 members (excludes halogenated alkanes) is 2. The van der Waals surface area contributed by atoms with Crippen LogP contribution in [0.1, 0.15) is 73.1 Å². The van der Waals surface area contributed by atoms with Crippen LogP contribution in [-0.4, -0.2) is 79.9 Å². The maximum atomic E-state index is 5.79. The van der Waals surface area contributed by atoms with Gasteiger partial charge in [0, 0.05) is 24.7 Å². The van der Waals surface area contributed by atoms with E-state index in [1.165, 1.54) is 32.1 Å². The van der Waals surface area contributed by atoms with Crippen LogP contribution in [0.5, 0.6) is 0 Å². The fourth-order valence-electron chi connectivity index (χ4n) is 3.40. The van der Waals surface area contributed by atoms with Gasteiger partial charge in [-0.3, -0.25) is 0 Å². The van der Waals surface area contributed by atoms with Crippen molar-refractivity contribution in [3.63, 3.8) is 0 Å². The highest BCUT2D eigenvalue weighted by atomic mass is 32.2. The van der Waals surface area contributed by atoms with Gasteiger partial charge in [0.1, 0.15) is 17.3 Å². The molecular weight excluding hydrogens is 516 g/mol. The molecule has 2 rings (SSSR count). The number of hydrogen-bond acceptors (Lipinski definition) is 9. The predicted molar refractivity (Wildman–Crippen MR) is 157 cm³/mol. The van der Waals surface area contributed by atoms with E-state index in [1.54, 1.807) is 23.5 Å². The molecule has 0 amide bonds. The van der Waals surface area contributed by atoms with Gasteiger partial charge in [-0.15, -0.1) is 0 Å². The minimum Gasteiger partial charge on any atom is -0.482 e. The van der Waals surface area contributed by atoms with E-state index in [2.05, 4.69) is 34.3 Å². The maximum Gasteiger partial charge on any atom is 0.220 e. The molecule has 9 heteroatoms. The number of thioether (sulfide) groups is 2. The highest BCUT2D eigenvalue weighted by Crippen LogP contribution is 2.27. The Bertz CT molecular complexity index is 580. The molecule has 0 aromatic heterocycles. The highest BCUT2D eigenvalue weighted by molar-refractivity contribution is 8.22. The Morgan fingerprint density at radius 1 is 0.889 bits per heavy atom. The van der Waals surface area contributed by atoms with Gasteiger partial charge in [0.25, 0.3) is 0 Å². The molecule has 0 spiro atoms. The smallest absolute Gasteiger partial charge is 0.220 e. The summed E-state index contributed by atoms with van der Waals surface area (Å²) in [5.74, 6) is 2.55. The van der Waals surface area contributed by atoms with E-state index in [9.17, 15) is 0 Å². The third-order valence-electron chi connectivity index (χ3n) is 5.76. The molecule has 5 unspecified atom stereocenters. The average molecular weight is 567 g/mol. The molecule has 212 valence electrons. The van der Waals surface area contributed by atoms with Gasteiger partial charge in [-0.05, 0) is 51.4 Å². The molecule has 0 aromatic rings. The summed E-state index contributed by atoms with van der Waals surface area (Å²) in [5, 5.41) is 0.809. The molecule has 2 aliphatic heterocycles. The molecule has 2 fully saturated rings. The Morgan fingerprint density at radius 2 is 1.50 bits per heavy atom. The van der Waals surface area contributed by atoms with E-state index in [1.807, 2.05) is 6.92 Å². The quantitative estimate of drug-likeness (QED) is 0.123. The topological polar surface area (TPSA) is 55.4 Å². The van der Waals surface area contributed by atoms with Gasteiger partial charge in [-0.1, -0.05) is 70.0 Å². The Labute approximate surface area is 234 Å². The van der Waals surface area contributed by atoms with Crippen molar-refractivity contribution in [1.82, 2.24) is 0 Å². The van der Waals surface area contributed by atoms with Crippen molar-refractivity contribution in [2.45, 2.75) is 97.6 Å². The molecule has 0 aromatic carbocycles. The summed E-state index contributed by atoms with van der Waals surface area (Å²) in [6, 6.07) is 0. The van der Waals surface area contributed by atoms with E-state index < -0.39 is 0 Å². The zero-order valence-electron chi connectivity index (χ0n) is 23.2. The van der Waals surface area contributed by atoms with Crippen LogP contribution < -0.4 is 0 Å². The summed E-state index contributed by atoms with van der Waals surface area (Å²) in [6.07, 6.45) is 7.85. The summed E-state index contributed by atoms with van der Waals surface area (Å²) < 4.78 is 34.2. The Hall–Kier alpha value is -0.0300. The molecule has 0 bridgehead atoms.